The van der Waals surface area contributed by atoms with Crippen LogP contribution in [-0.2, 0) is 11.8 Å². The Labute approximate surface area is 318 Å². The van der Waals surface area contributed by atoms with E-state index in [4.69, 9.17) is 10.5 Å². The molecule has 0 radical (unpaired) electrons. The minimum absolute atomic E-state index is 0.350. The van der Waals surface area contributed by atoms with E-state index in [1.165, 1.54) is 50.2 Å². The van der Waals surface area contributed by atoms with Crippen LogP contribution in [0.3, 0.4) is 0 Å². The smallest absolute Gasteiger partial charge is 0.132 e. The lowest BCUT2D eigenvalue weighted by Crippen LogP contribution is -2.32. The van der Waals surface area contributed by atoms with E-state index in [9.17, 15) is 0 Å². The number of nitrogens with one attached hydrogen (secondary N) is 1. The molecule has 2 unspecified atom stereocenters. The average molecular weight is 702 g/mol. The third-order valence-corrected chi connectivity index (χ3v) is 11.0. The van der Waals surface area contributed by atoms with Crippen LogP contribution >= 0.6 is 0 Å². The first-order chi connectivity index (χ1) is 26.4. The van der Waals surface area contributed by atoms with Gasteiger partial charge in [0.1, 0.15) is 17.7 Å². The van der Waals surface area contributed by atoms with Crippen molar-refractivity contribution in [1.82, 2.24) is 5.32 Å². The highest BCUT2D eigenvalue weighted by Crippen LogP contribution is 2.62. The van der Waals surface area contributed by atoms with Crippen molar-refractivity contribution < 1.29 is 4.74 Å². The van der Waals surface area contributed by atoms with Crippen LogP contribution in [0.1, 0.15) is 50.7 Å². The minimum Gasteiger partial charge on any atom is -0.457 e. The van der Waals surface area contributed by atoms with E-state index in [-0.39, 0.29) is 6.17 Å². The summed E-state index contributed by atoms with van der Waals surface area (Å²) in [6.07, 6.45) is 2.62. The molecule has 1 aliphatic carbocycles. The maximum absolute atomic E-state index is 6.77. The molecule has 7 aromatic carbocycles. The van der Waals surface area contributed by atoms with Gasteiger partial charge in [-0.25, -0.2) is 0 Å². The number of nitrogens with zero attached hydrogens (tertiary/aromatic N) is 1. The number of nitrogens with two attached hydrogens (primary N) is 1. The summed E-state index contributed by atoms with van der Waals surface area (Å²) in [6.45, 7) is 2.18. The summed E-state index contributed by atoms with van der Waals surface area (Å²) in [7, 11) is 4.21. The molecule has 264 valence electrons. The molecule has 4 nitrogen and oxygen atoms in total. The van der Waals surface area contributed by atoms with Gasteiger partial charge in [0, 0.05) is 36.6 Å². The Morgan fingerprint density at radius 2 is 1.33 bits per heavy atom. The molecule has 0 saturated carbocycles. The second kappa shape index (κ2) is 13.6. The molecule has 54 heavy (non-hydrogen) atoms. The van der Waals surface area contributed by atoms with Crippen LogP contribution in [0.2, 0.25) is 0 Å². The molecule has 0 fully saturated rings. The lowest BCUT2D eigenvalue weighted by atomic mass is 9.65. The van der Waals surface area contributed by atoms with Crippen molar-refractivity contribution in [2.24, 2.45) is 5.73 Å². The van der Waals surface area contributed by atoms with Crippen molar-refractivity contribution in [1.29, 1.82) is 0 Å². The van der Waals surface area contributed by atoms with Gasteiger partial charge >= 0.3 is 0 Å². The molecule has 4 heteroatoms. The molecule has 0 bridgehead atoms. The first kappa shape index (κ1) is 33.5. The van der Waals surface area contributed by atoms with E-state index >= 15 is 0 Å². The van der Waals surface area contributed by atoms with Crippen molar-refractivity contribution >= 4 is 11.4 Å². The van der Waals surface area contributed by atoms with Crippen molar-refractivity contribution in [3.63, 3.8) is 0 Å². The normalized spacial score (nSPS) is 15.7. The molecule has 7 aromatic rings. The minimum atomic E-state index is -0.573. The number of hydrogen-bond acceptors (Lipinski definition) is 4. The fraction of sp³-hybridized carbons (Fsp3) is 0.120. The molecule has 1 aliphatic heterocycles. The summed E-state index contributed by atoms with van der Waals surface area (Å²) >= 11 is 0. The Balaban J connectivity index is 1.21. The van der Waals surface area contributed by atoms with Gasteiger partial charge in [-0.1, -0.05) is 140 Å². The summed E-state index contributed by atoms with van der Waals surface area (Å²) in [5.41, 5.74) is 22.7. The van der Waals surface area contributed by atoms with Crippen LogP contribution < -0.4 is 20.7 Å². The zero-order valence-corrected chi connectivity index (χ0v) is 30.9. The third kappa shape index (κ3) is 5.67. The van der Waals surface area contributed by atoms with Crippen molar-refractivity contribution in [3.05, 3.63) is 214 Å². The average Bonchev–Trinajstić information content (AvgIpc) is 3.50. The fourth-order valence-corrected chi connectivity index (χ4v) is 8.45. The number of para-hydroxylation sites is 1. The maximum Gasteiger partial charge on any atom is 0.132 e. The molecule has 1 heterocycles. The Bertz CT molecular complexity index is 2540. The lowest BCUT2D eigenvalue weighted by Gasteiger charge is -2.39. The van der Waals surface area contributed by atoms with Gasteiger partial charge in [-0.3, -0.25) is 0 Å². The monoisotopic (exact) mass is 701 g/mol. The highest BCUT2D eigenvalue weighted by Gasteiger charge is 2.51. The Kier molecular flexibility index (Phi) is 8.41. The summed E-state index contributed by atoms with van der Waals surface area (Å²) in [5.74, 6) is 1.77. The van der Waals surface area contributed by atoms with E-state index in [2.05, 4.69) is 177 Å². The van der Waals surface area contributed by atoms with E-state index in [1.54, 1.807) is 0 Å². The number of anilines is 1. The summed E-state index contributed by atoms with van der Waals surface area (Å²) in [5, 5.41) is 3.62. The number of fused-ring (bicyclic) bond motifs is 9. The van der Waals surface area contributed by atoms with Gasteiger partial charge in [-0.05, 0) is 99.3 Å². The third-order valence-electron chi connectivity index (χ3n) is 11.0. The quantitative estimate of drug-likeness (QED) is 0.155. The first-order valence-electron chi connectivity index (χ1n) is 18.7. The van der Waals surface area contributed by atoms with Crippen LogP contribution in [-0.4, -0.2) is 14.1 Å². The van der Waals surface area contributed by atoms with Crippen LogP contribution in [0.25, 0.3) is 28.0 Å². The van der Waals surface area contributed by atoms with E-state index in [0.717, 1.165) is 39.4 Å². The van der Waals surface area contributed by atoms with Crippen molar-refractivity contribution in [3.8, 4) is 33.8 Å². The maximum atomic E-state index is 6.77. The van der Waals surface area contributed by atoms with Crippen LogP contribution in [0.5, 0.6) is 11.5 Å². The van der Waals surface area contributed by atoms with Crippen molar-refractivity contribution in [2.45, 2.75) is 24.9 Å². The van der Waals surface area contributed by atoms with Crippen LogP contribution in [0, 0.1) is 6.92 Å². The molecular weight excluding hydrogens is 659 g/mol. The standard InChI is InChI=1S/C50H43N3O/c1-33-28-38(31-39(29-33)53(2)3)37-24-25-41-40-18-10-11-19-42(40)50(44(41)32-37)43-20-12-13-21-47(43)54-48-27-23-34(30-45(48)50)22-26-46(35-14-6-4-7-15-35)52-49(51)36-16-8-5-9-17-36/h4-21,23-32,49,52H,22,51H2,1-3H3/b46-26-. The highest BCUT2D eigenvalue weighted by atomic mass is 16.5. The van der Waals surface area contributed by atoms with E-state index in [1.807, 2.05) is 24.3 Å². The Morgan fingerprint density at radius 1 is 0.648 bits per heavy atom. The van der Waals surface area contributed by atoms with Crippen LogP contribution in [0.4, 0.5) is 5.69 Å². The molecule has 1 spiro atoms. The SMILES string of the molecule is Cc1cc(-c2ccc3c(c2)C2(c4ccccc4Oc4ccc(C/C=C(\NC(N)c5ccccc5)c5ccccc5)cc42)c2ccccc2-3)cc(N(C)C)c1. The second-order valence-electron chi connectivity index (χ2n) is 14.7. The van der Waals surface area contributed by atoms with Gasteiger partial charge in [0.05, 0.1) is 5.41 Å². The van der Waals surface area contributed by atoms with Crippen LogP contribution in [0.15, 0.2) is 170 Å². The highest BCUT2D eigenvalue weighted by molar-refractivity contribution is 5.90. The van der Waals surface area contributed by atoms with Gasteiger partial charge < -0.3 is 20.7 Å². The molecule has 2 aliphatic rings. The number of ether oxygens (including phenoxy) is 1. The summed E-state index contributed by atoms with van der Waals surface area (Å²) < 4.78 is 6.77. The van der Waals surface area contributed by atoms with E-state index < -0.39 is 5.41 Å². The summed E-state index contributed by atoms with van der Waals surface area (Å²) in [6, 6.07) is 58.7. The number of rotatable bonds is 8. The fourth-order valence-electron chi connectivity index (χ4n) is 8.45. The molecule has 3 N–H and O–H groups in total. The topological polar surface area (TPSA) is 50.5 Å². The summed E-state index contributed by atoms with van der Waals surface area (Å²) in [4.78, 5) is 2.18. The van der Waals surface area contributed by atoms with Crippen molar-refractivity contribution in [2.75, 3.05) is 19.0 Å². The molecular formula is C50H43N3O. The zero-order valence-electron chi connectivity index (χ0n) is 30.9. The molecule has 0 saturated heterocycles. The van der Waals surface area contributed by atoms with Gasteiger partial charge in [0.25, 0.3) is 0 Å². The molecule has 9 rings (SSSR count). The molecule has 2 atom stereocenters. The zero-order chi connectivity index (χ0) is 36.8. The predicted molar refractivity (Wildman–Crippen MR) is 223 cm³/mol. The molecule has 0 amide bonds. The Hall–Kier alpha value is -6.36. The molecule has 0 aromatic heterocycles. The van der Waals surface area contributed by atoms with Gasteiger partial charge in [0.15, 0.2) is 0 Å². The number of hydrogen-bond donors (Lipinski definition) is 2. The second-order valence-corrected chi connectivity index (χ2v) is 14.7. The van der Waals surface area contributed by atoms with Gasteiger partial charge in [-0.15, -0.1) is 0 Å². The largest absolute Gasteiger partial charge is 0.457 e. The number of benzene rings is 7. The number of aryl methyl sites for hydroxylation is 1. The lowest BCUT2D eigenvalue weighted by molar-refractivity contribution is 0.436. The number of allylic oxidation sites excluding steroid dienone is 1. The van der Waals surface area contributed by atoms with Gasteiger partial charge in [-0.2, -0.15) is 0 Å². The first-order valence-corrected chi connectivity index (χ1v) is 18.7. The Morgan fingerprint density at radius 3 is 2.13 bits per heavy atom. The van der Waals surface area contributed by atoms with Gasteiger partial charge in [0.2, 0.25) is 0 Å². The predicted octanol–water partition coefficient (Wildman–Crippen LogP) is 11.0. The van der Waals surface area contributed by atoms with E-state index in [0.29, 0.717) is 6.42 Å².